The summed E-state index contributed by atoms with van der Waals surface area (Å²) in [6.45, 7) is 10.8. The van der Waals surface area contributed by atoms with Crippen LogP contribution in [0.2, 0.25) is 0 Å². The third-order valence-electron chi connectivity index (χ3n) is 6.35. The Morgan fingerprint density at radius 1 is 1.06 bits per heavy atom. The largest absolute Gasteiger partial charge is 0.357 e. The first-order valence-electron chi connectivity index (χ1n) is 11.9. The van der Waals surface area contributed by atoms with E-state index in [4.69, 9.17) is 4.99 Å². The van der Waals surface area contributed by atoms with Crippen LogP contribution in [-0.4, -0.2) is 97.9 Å². The Labute approximate surface area is 215 Å². The molecule has 2 N–H and O–H groups in total. The summed E-state index contributed by atoms with van der Waals surface area (Å²) in [7, 11) is 1.64. The van der Waals surface area contributed by atoms with Gasteiger partial charge in [0.2, 0.25) is 5.91 Å². The predicted molar refractivity (Wildman–Crippen MR) is 143 cm³/mol. The maximum Gasteiger partial charge on any atom is 0.251 e. The molecule has 1 aromatic rings. The first kappa shape index (κ1) is 27.4. The minimum atomic E-state index is -0.0704. The average molecular weight is 571 g/mol. The monoisotopic (exact) mass is 570 g/mol. The molecule has 2 fully saturated rings. The highest BCUT2D eigenvalue weighted by Crippen LogP contribution is 2.14. The van der Waals surface area contributed by atoms with E-state index < -0.39 is 0 Å². The number of hydrogen-bond donors (Lipinski definition) is 2. The molecule has 0 aromatic heterocycles. The molecule has 2 saturated heterocycles. The van der Waals surface area contributed by atoms with E-state index in [2.05, 4.69) is 27.4 Å². The van der Waals surface area contributed by atoms with E-state index in [0.717, 1.165) is 76.6 Å². The topological polar surface area (TPSA) is 80.3 Å². The molecule has 1 atom stereocenters. The molecule has 184 valence electrons. The highest BCUT2D eigenvalue weighted by molar-refractivity contribution is 14.0. The quantitative estimate of drug-likeness (QED) is 0.297. The molecule has 0 spiro atoms. The number of piperazine rings is 1. The summed E-state index contributed by atoms with van der Waals surface area (Å²) in [5, 5.41) is 6.07. The smallest absolute Gasteiger partial charge is 0.251 e. The minimum absolute atomic E-state index is 0. The van der Waals surface area contributed by atoms with Crippen LogP contribution in [-0.2, 0) is 11.2 Å². The number of amides is 2. The van der Waals surface area contributed by atoms with Gasteiger partial charge in [-0.3, -0.25) is 19.5 Å². The van der Waals surface area contributed by atoms with Crippen LogP contribution in [0.15, 0.2) is 29.3 Å². The first-order valence-corrected chi connectivity index (χ1v) is 11.9. The standard InChI is InChI=1S/C24H38N6O2.HI/c1-4-26-24(27-11-10-20-8-7-9-21(18-20)22(31)25-3)30-16-14-28(15-17-30)19(2)23(32)29-12-5-6-13-29;/h7-9,18-19H,4-6,10-17H2,1-3H3,(H,25,31)(H,26,27);1H. The molecule has 9 heteroatoms. The second kappa shape index (κ2) is 13.7. The molecule has 2 aliphatic rings. The maximum atomic E-state index is 12.7. The molecule has 2 amide bonds. The number of guanidine groups is 1. The predicted octanol–water partition coefficient (Wildman–Crippen LogP) is 1.80. The van der Waals surface area contributed by atoms with Crippen LogP contribution in [0.25, 0.3) is 0 Å². The van der Waals surface area contributed by atoms with Gasteiger partial charge in [0.15, 0.2) is 5.96 Å². The summed E-state index contributed by atoms with van der Waals surface area (Å²) in [5.41, 5.74) is 1.78. The number of hydrogen-bond acceptors (Lipinski definition) is 4. The summed E-state index contributed by atoms with van der Waals surface area (Å²) < 4.78 is 0. The van der Waals surface area contributed by atoms with Crippen LogP contribution in [0.1, 0.15) is 42.6 Å². The molecule has 0 bridgehead atoms. The molecule has 3 rings (SSSR count). The van der Waals surface area contributed by atoms with Crippen molar-refractivity contribution < 1.29 is 9.59 Å². The number of nitrogens with zero attached hydrogens (tertiary/aromatic N) is 4. The molecule has 1 aromatic carbocycles. The lowest BCUT2D eigenvalue weighted by molar-refractivity contribution is -0.135. The molecule has 2 heterocycles. The van der Waals surface area contributed by atoms with E-state index in [1.54, 1.807) is 7.05 Å². The van der Waals surface area contributed by atoms with Gasteiger partial charge >= 0.3 is 0 Å². The lowest BCUT2D eigenvalue weighted by Gasteiger charge is -2.39. The molecule has 0 saturated carbocycles. The Bertz CT molecular complexity index is 804. The summed E-state index contributed by atoms with van der Waals surface area (Å²) in [6, 6.07) is 7.65. The van der Waals surface area contributed by atoms with Gasteiger partial charge in [-0.15, -0.1) is 24.0 Å². The lowest BCUT2D eigenvalue weighted by atomic mass is 10.1. The number of likely N-dealkylation sites (tertiary alicyclic amines) is 1. The molecule has 1 unspecified atom stereocenters. The van der Waals surface area contributed by atoms with Crippen LogP contribution in [0.3, 0.4) is 0 Å². The second-order valence-corrected chi connectivity index (χ2v) is 8.50. The average Bonchev–Trinajstić information content (AvgIpc) is 3.37. The van der Waals surface area contributed by atoms with Gasteiger partial charge in [0, 0.05) is 65.0 Å². The zero-order valence-electron chi connectivity index (χ0n) is 20.2. The van der Waals surface area contributed by atoms with Crippen molar-refractivity contribution in [2.24, 2.45) is 4.99 Å². The Hall–Kier alpha value is -1.88. The van der Waals surface area contributed by atoms with Gasteiger partial charge < -0.3 is 20.4 Å². The van der Waals surface area contributed by atoms with Crippen LogP contribution in [0.5, 0.6) is 0 Å². The van der Waals surface area contributed by atoms with Gasteiger partial charge in [0.05, 0.1) is 6.04 Å². The summed E-state index contributed by atoms with van der Waals surface area (Å²) >= 11 is 0. The number of halogens is 1. The zero-order chi connectivity index (χ0) is 22.9. The fourth-order valence-electron chi connectivity index (χ4n) is 4.41. The fraction of sp³-hybridized carbons (Fsp3) is 0.625. The number of rotatable bonds is 7. The van der Waals surface area contributed by atoms with E-state index in [1.807, 2.05) is 36.1 Å². The normalized spacial score (nSPS) is 18.0. The number of benzene rings is 1. The zero-order valence-corrected chi connectivity index (χ0v) is 22.5. The number of nitrogens with one attached hydrogen (secondary N) is 2. The SMILES string of the molecule is CCNC(=NCCc1cccc(C(=O)NC)c1)N1CCN(C(C)C(=O)N2CCCC2)CC1.I. The Balaban J connectivity index is 0.00000385. The van der Waals surface area contributed by atoms with Crippen molar-refractivity contribution >= 4 is 41.8 Å². The van der Waals surface area contributed by atoms with Crippen molar-refractivity contribution in [1.29, 1.82) is 0 Å². The molecule has 8 nitrogen and oxygen atoms in total. The lowest BCUT2D eigenvalue weighted by Crippen LogP contribution is -2.57. The highest BCUT2D eigenvalue weighted by atomic mass is 127. The summed E-state index contributed by atoms with van der Waals surface area (Å²) in [5.74, 6) is 1.13. The Kier molecular flexibility index (Phi) is 11.4. The van der Waals surface area contributed by atoms with Gasteiger partial charge in [0.1, 0.15) is 0 Å². The van der Waals surface area contributed by atoms with Crippen molar-refractivity contribution in [2.75, 3.05) is 59.4 Å². The van der Waals surface area contributed by atoms with Crippen molar-refractivity contribution in [1.82, 2.24) is 25.3 Å². The van der Waals surface area contributed by atoms with Gasteiger partial charge in [-0.25, -0.2) is 0 Å². The maximum absolute atomic E-state index is 12.7. The van der Waals surface area contributed by atoms with E-state index in [0.29, 0.717) is 12.1 Å². The second-order valence-electron chi connectivity index (χ2n) is 8.50. The summed E-state index contributed by atoms with van der Waals surface area (Å²) in [4.78, 5) is 36.0. The van der Waals surface area contributed by atoms with Crippen LogP contribution < -0.4 is 10.6 Å². The fourth-order valence-corrected chi connectivity index (χ4v) is 4.41. The highest BCUT2D eigenvalue weighted by Gasteiger charge is 2.30. The minimum Gasteiger partial charge on any atom is -0.357 e. The third kappa shape index (κ3) is 7.56. The van der Waals surface area contributed by atoms with Crippen molar-refractivity contribution in [3.05, 3.63) is 35.4 Å². The molecule has 0 radical (unpaired) electrons. The van der Waals surface area contributed by atoms with Gasteiger partial charge in [0.25, 0.3) is 5.91 Å². The first-order chi connectivity index (χ1) is 15.5. The van der Waals surface area contributed by atoms with Crippen LogP contribution in [0, 0.1) is 0 Å². The molecular formula is C24H39IN6O2. The molecule has 0 aliphatic carbocycles. The Morgan fingerprint density at radius 2 is 1.76 bits per heavy atom. The Morgan fingerprint density at radius 3 is 2.39 bits per heavy atom. The molecule has 33 heavy (non-hydrogen) atoms. The third-order valence-corrected chi connectivity index (χ3v) is 6.35. The molecular weight excluding hydrogens is 531 g/mol. The van der Waals surface area contributed by atoms with Crippen LogP contribution in [0.4, 0.5) is 0 Å². The van der Waals surface area contributed by atoms with Crippen LogP contribution >= 0.6 is 24.0 Å². The van der Waals surface area contributed by atoms with Gasteiger partial charge in [-0.2, -0.15) is 0 Å². The number of aliphatic imine (C=N–C) groups is 1. The van der Waals surface area contributed by atoms with Crippen molar-refractivity contribution in [3.8, 4) is 0 Å². The van der Waals surface area contributed by atoms with E-state index in [1.165, 1.54) is 0 Å². The molecule has 2 aliphatic heterocycles. The number of carbonyl (C=O) groups excluding carboxylic acids is 2. The van der Waals surface area contributed by atoms with Gasteiger partial charge in [-0.1, -0.05) is 12.1 Å². The summed E-state index contributed by atoms with van der Waals surface area (Å²) in [6.07, 6.45) is 3.04. The van der Waals surface area contributed by atoms with Gasteiger partial charge in [-0.05, 0) is 50.8 Å². The number of carbonyl (C=O) groups is 2. The van der Waals surface area contributed by atoms with Crippen molar-refractivity contribution in [3.63, 3.8) is 0 Å². The van der Waals surface area contributed by atoms with E-state index in [9.17, 15) is 9.59 Å². The van der Waals surface area contributed by atoms with E-state index >= 15 is 0 Å². The van der Waals surface area contributed by atoms with Crippen molar-refractivity contribution in [2.45, 2.75) is 39.2 Å². The van der Waals surface area contributed by atoms with E-state index in [-0.39, 0.29) is 41.8 Å².